The fourth-order valence-electron chi connectivity index (χ4n) is 1.24. The molecule has 0 spiro atoms. The molecule has 1 rings (SSSR count). The Labute approximate surface area is 99.5 Å². The minimum atomic E-state index is -0.551. The number of carbonyl (C=O) groups excluding carboxylic acids is 2. The maximum atomic E-state index is 11.5. The molecular weight excluding hydrogens is 220 g/mol. The van der Waals surface area contributed by atoms with Gasteiger partial charge in [0, 0.05) is 12.0 Å². The van der Waals surface area contributed by atoms with Crippen LogP contribution in [0.1, 0.15) is 27.1 Å². The summed E-state index contributed by atoms with van der Waals surface area (Å²) >= 11 is 0. The topological polar surface area (TPSA) is 52.6 Å². The van der Waals surface area contributed by atoms with Crippen LogP contribution in [-0.2, 0) is 4.74 Å². The number of esters is 1. The molecule has 0 aliphatic carbocycles. The van der Waals surface area contributed by atoms with Crippen molar-refractivity contribution in [3.05, 3.63) is 29.3 Å². The second-order valence-electron chi connectivity index (χ2n) is 3.17. The zero-order valence-electron chi connectivity index (χ0n) is 9.43. The highest BCUT2D eigenvalue weighted by Gasteiger charge is 2.13. The zero-order valence-corrected chi connectivity index (χ0v) is 9.43. The van der Waals surface area contributed by atoms with Crippen LogP contribution in [0, 0.1) is 12.3 Å². The predicted molar refractivity (Wildman–Crippen MR) is 62.1 cm³/mol. The first-order valence-corrected chi connectivity index (χ1v) is 4.96. The van der Waals surface area contributed by atoms with Crippen LogP contribution in [0.4, 0.5) is 0 Å². The Hall–Kier alpha value is -2.28. The third-order valence-corrected chi connectivity index (χ3v) is 2.05. The van der Waals surface area contributed by atoms with Crippen molar-refractivity contribution in [1.82, 2.24) is 0 Å². The standard InChI is InChI=1S/C13H12O4/c1-3-4-7-17-12-6-5-10(9-14)8-11(12)13(15)16-2/h1,5-6,8-9H,4,7H2,2H3. The molecule has 0 aromatic heterocycles. The average molecular weight is 232 g/mol. The molecule has 17 heavy (non-hydrogen) atoms. The van der Waals surface area contributed by atoms with E-state index < -0.39 is 5.97 Å². The molecule has 0 aliphatic heterocycles. The Morgan fingerprint density at radius 2 is 2.29 bits per heavy atom. The summed E-state index contributed by atoms with van der Waals surface area (Å²) in [6.45, 7) is 0.306. The van der Waals surface area contributed by atoms with Crippen molar-refractivity contribution in [2.75, 3.05) is 13.7 Å². The average Bonchev–Trinajstić information content (AvgIpc) is 2.38. The van der Waals surface area contributed by atoms with Gasteiger partial charge in [0.05, 0.1) is 13.7 Å². The molecule has 0 heterocycles. The number of methoxy groups -OCH3 is 1. The van der Waals surface area contributed by atoms with E-state index in [1.807, 2.05) is 0 Å². The van der Waals surface area contributed by atoms with Gasteiger partial charge in [-0.1, -0.05) is 0 Å². The summed E-state index contributed by atoms with van der Waals surface area (Å²) in [5.74, 6) is 2.23. The molecule has 0 atom stereocenters. The summed E-state index contributed by atoms with van der Waals surface area (Å²) in [6, 6.07) is 4.53. The lowest BCUT2D eigenvalue weighted by Gasteiger charge is -2.09. The first kappa shape index (κ1) is 12.8. The summed E-state index contributed by atoms with van der Waals surface area (Å²) in [6.07, 6.45) is 6.19. The van der Waals surface area contributed by atoms with Gasteiger partial charge in [-0.05, 0) is 18.2 Å². The number of hydrogen-bond donors (Lipinski definition) is 0. The number of aldehydes is 1. The van der Waals surface area contributed by atoms with Gasteiger partial charge in [0.25, 0.3) is 0 Å². The van der Waals surface area contributed by atoms with Crippen LogP contribution in [0.25, 0.3) is 0 Å². The van der Waals surface area contributed by atoms with E-state index >= 15 is 0 Å². The highest BCUT2D eigenvalue weighted by atomic mass is 16.5. The molecule has 1 aromatic rings. The summed E-state index contributed by atoms with van der Waals surface area (Å²) in [7, 11) is 1.27. The Morgan fingerprint density at radius 1 is 1.53 bits per heavy atom. The van der Waals surface area contributed by atoms with Crippen molar-refractivity contribution in [3.8, 4) is 18.1 Å². The molecule has 0 aliphatic rings. The summed E-state index contributed by atoms with van der Waals surface area (Å²) in [4.78, 5) is 22.1. The fourth-order valence-corrected chi connectivity index (χ4v) is 1.24. The van der Waals surface area contributed by atoms with Crippen molar-refractivity contribution in [1.29, 1.82) is 0 Å². The highest BCUT2D eigenvalue weighted by Crippen LogP contribution is 2.20. The number of rotatable bonds is 5. The fraction of sp³-hybridized carbons (Fsp3) is 0.231. The van der Waals surface area contributed by atoms with E-state index in [9.17, 15) is 9.59 Å². The molecule has 0 saturated heterocycles. The quantitative estimate of drug-likeness (QED) is 0.335. The van der Waals surface area contributed by atoms with E-state index in [0.29, 0.717) is 30.6 Å². The molecule has 0 unspecified atom stereocenters. The van der Waals surface area contributed by atoms with Crippen LogP contribution >= 0.6 is 0 Å². The molecular formula is C13H12O4. The van der Waals surface area contributed by atoms with E-state index in [1.165, 1.54) is 13.2 Å². The third kappa shape index (κ3) is 3.35. The monoisotopic (exact) mass is 232 g/mol. The maximum Gasteiger partial charge on any atom is 0.341 e. The van der Waals surface area contributed by atoms with Gasteiger partial charge in [-0.15, -0.1) is 12.3 Å². The first-order valence-electron chi connectivity index (χ1n) is 4.96. The van der Waals surface area contributed by atoms with Gasteiger partial charge in [-0.3, -0.25) is 4.79 Å². The molecule has 0 saturated carbocycles. The molecule has 0 N–H and O–H groups in total. The van der Waals surface area contributed by atoms with E-state index in [-0.39, 0.29) is 5.56 Å². The number of benzene rings is 1. The Morgan fingerprint density at radius 3 is 2.88 bits per heavy atom. The maximum absolute atomic E-state index is 11.5. The Kier molecular flexibility index (Phi) is 4.77. The molecule has 0 amide bonds. The molecule has 1 aromatic carbocycles. The highest BCUT2D eigenvalue weighted by molar-refractivity contribution is 5.94. The lowest BCUT2D eigenvalue weighted by atomic mass is 10.1. The van der Waals surface area contributed by atoms with Crippen molar-refractivity contribution < 1.29 is 19.1 Å². The van der Waals surface area contributed by atoms with Gasteiger partial charge >= 0.3 is 5.97 Å². The van der Waals surface area contributed by atoms with E-state index in [4.69, 9.17) is 11.2 Å². The first-order chi connectivity index (χ1) is 8.22. The van der Waals surface area contributed by atoms with Crippen molar-refractivity contribution in [2.24, 2.45) is 0 Å². The lowest BCUT2D eigenvalue weighted by molar-refractivity contribution is 0.0596. The number of carbonyl (C=O) groups is 2. The van der Waals surface area contributed by atoms with Crippen LogP contribution in [0.2, 0.25) is 0 Å². The normalized spacial score (nSPS) is 9.18. The predicted octanol–water partition coefficient (Wildman–Crippen LogP) is 1.69. The molecule has 4 nitrogen and oxygen atoms in total. The zero-order chi connectivity index (χ0) is 12.7. The van der Waals surface area contributed by atoms with Crippen LogP contribution in [0.15, 0.2) is 18.2 Å². The molecule has 4 heteroatoms. The van der Waals surface area contributed by atoms with E-state index in [1.54, 1.807) is 12.1 Å². The van der Waals surface area contributed by atoms with Gasteiger partial charge in [0.15, 0.2) is 0 Å². The molecule has 0 bridgehead atoms. The van der Waals surface area contributed by atoms with Gasteiger partial charge in [-0.25, -0.2) is 4.79 Å². The Balaban J connectivity index is 2.98. The van der Waals surface area contributed by atoms with E-state index in [2.05, 4.69) is 10.7 Å². The van der Waals surface area contributed by atoms with Crippen molar-refractivity contribution in [2.45, 2.75) is 6.42 Å². The smallest absolute Gasteiger partial charge is 0.341 e. The van der Waals surface area contributed by atoms with Crippen LogP contribution in [0.5, 0.6) is 5.75 Å². The largest absolute Gasteiger partial charge is 0.492 e. The number of hydrogen-bond acceptors (Lipinski definition) is 4. The lowest BCUT2D eigenvalue weighted by Crippen LogP contribution is -2.07. The van der Waals surface area contributed by atoms with Gasteiger partial charge in [0.2, 0.25) is 0 Å². The second-order valence-corrected chi connectivity index (χ2v) is 3.17. The SMILES string of the molecule is C#CCCOc1ccc(C=O)cc1C(=O)OC. The van der Waals surface area contributed by atoms with Gasteiger partial charge in [-0.2, -0.15) is 0 Å². The number of terminal acetylenes is 1. The summed E-state index contributed by atoms with van der Waals surface area (Å²) < 4.78 is 9.95. The van der Waals surface area contributed by atoms with E-state index in [0.717, 1.165) is 0 Å². The molecule has 88 valence electrons. The van der Waals surface area contributed by atoms with Crippen LogP contribution in [0.3, 0.4) is 0 Å². The van der Waals surface area contributed by atoms with Gasteiger partial charge < -0.3 is 9.47 Å². The summed E-state index contributed by atoms with van der Waals surface area (Å²) in [5.41, 5.74) is 0.601. The minimum Gasteiger partial charge on any atom is -0.492 e. The minimum absolute atomic E-state index is 0.217. The van der Waals surface area contributed by atoms with Crippen molar-refractivity contribution >= 4 is 12.3 Å². The summed E-state index contributed by atoms with van der Waals surface area (Å²) in [5, 5.41) is 0. The number of ether oxygens (including phenoxy) is 2. The Bertz CT molecular complexity index is 457. The second kappa shape index (κ2) is 6.33. The third-order valence-electron chi connectivity index (χ3n) is 2.05. The van der Waals surface area contributed by atoms with Crippen LogP contribution < -0.4 is 4.74 Å². The van der Waals surface area contributed by atoms with Crippen LogP contribution in [-0.4, -0.2) is 26.0 Å². The van der Waals surface area contributed by atoms with Gasteiger partial charge in [0.1, 0.15) is 17.6 Å². The molecule has 0 fully saturated rings. The van der Waals surface area contributed by atoms with Crippen molar-refractivity contribution in [3.63, 3.8) is 0 Å². The molecule has 0 radical (unpaired) electrons.